The molecule has 0 bridgehead atoms. The van der Waals surface area contributed by atoms with E-state index in [2.05, 4.69) is 125 Å². The Morgan fingerprint density at radius 3 is 1.17 bits per heavy atom. The zero-order valence-corrected chi connectivity index (χ0v) is 39.9. The van der Waals surface area contributed by atoms with Crippen molar-refractivity contribution in [2.24, 2.45) is 11.8 Å². The van der Waals surface area contributed by atoms with E-state index in [1.807, 2.05) is 0 Å². The number of nitrogens with one attached hydrogen (secondary N) is 2. The summed E-state index contributed by atoms with van der Waals surface area (Å²) in [7, 11) is -22.6. The quantitative estimate of drug-likeness (QED) is 0.00761. The minimum atomic E-state index is -4.92. The lowest BCUT2D eigenvalue weighted by molar-refractivity contribution is -0.700. The van der Waals surface area contributed by atoms with Crippen LogP contribution in [0.25, 0.3) is 0 Å². The number of hydrogen-bond acceptors (Lipinski definition) is 33. The molecule has 9 N–H and O–H groups in total. The van der Waals surface area contributed by atoms with E-state index in [-0.39, 0.29) is 6.54 Å². The molecule has 69 heavy (non-hydrogen) atoms. The molecule has 0 aliphatic carbocycles. The second-order valence-corrected chi connectivity index (χ2v) is 19.6. The third-order valence-corrected chi connectivity index (χ3v) is 10.1. The predicted molar refractivity (Wildman–Crippen MR) is 200 cm³/mol. The molecule has 0 saturated carbocycles. The number of hydrogen-bond donors (Lipinski definition) is 9. The van der Waals surface area contributed by atoms with Crippen LogP contribution < -0.4 is 10.8 Å². The van der Waals surface area contributed by atoms with Gasteiger partial charge in [-0.2, -0.15) is 5.54 Å². The molecule has 0 aliphatic heterocycles. The van der Waals surface area contributed by atoms with Gasteiger partial charge < -0.3 is 57.9 Å². The Morgan fingerprint density at radius 1 is 0.449 bits per heavy atom. The maximum Gasteiger partial charge on any atom is 0.527 e. The van der Waals surface area contributed by atoms with Crippen molar-refractivity contribution in [1.29, 1.82) is 0 Å². The number of phosphoric acid groups is 5. The van der Waals surface area contributed by atoms with Crippen LogP contribution in [0, 0.1) is 11.8 Å². The molecule has 0 saturated heterocycles. The van der Waals surface area contributed by atoms with Crippen LogP contribution in [0.4, 0.5) is 4.48 Å². The zero-order valence-electron chi connectivity index (χ0n) is 34.5. The van der Waals surface area contributed by atoms with Crippen molar-refractivity contribution in [2.45, 2.75) is 0 Å². The Bertz CT molecular complexity index is 1710. The summed E-state index contributed by atoms with van der Waals surface area (Å²) in [6.45, 7) is -6.22. The van der Waals surface area contributed by atoms with E-state index in [9.17, 15) is 51.4 Å². The molecule has 7 unspecified atom stereocenters. The van der Waals surface area contributed by atoms with Crippen LogP contribution in [0.5, 0.6) is 0 Å². The van der Waals surface area contributed by atoms with Crippen molar-refractivity contribution < 1.29 is 186 Å². The zero-order chi connectivity index (χ0) is 52.0. The molecule has 0 aromatic heterocycles. The molecule has 0 spiro atoms. The van der Waals surface area contributed by atoms with Crippen molar-refractivity contribution in [3.63, 3.8) is 0 Å². The van der Waals surface area contributed by atoms with Gasteiger partial charge in [0.25, 0.3) is 0 Å². The minimum Gasteiger partial charge on any atom is -0.429 e. The molecule has 406 valence electrons. The predicted octanol–water partition coefficient (Wildman–Crippen LogP) is 0.484. The molecular weight excluding hydrogens is 1100 g/mol. The van der Waals surface area contributed by atoms with Gasteiger partial charge in [-0.15, -0.1) is 4.48 Å². The van der Waals surface area contributed by atoms with Gasteiger partial charge in [-0.3, -0.25) is 41.5 Å². The maximum absolute atomic E-state index is 12.7. The Balaban J connectivity index is 4.02. The lowest BCUT2D eigenvalue weighted by atomic mass is 10.1. The largest absolute Gasteiger partial charge is 0.527 e. The summed E-state index contributed by atoms with van der Waals surface area (Å²) in [5.41, 5.74) is 1.20. The van der Waals surface area contributed by atoms with Crippen molar-refractivity contribution in [3.05, 3.63) is 37.6 Å². The van der Waals surface area contributed by atoms with Crippen LogP contribution in [0.15, 0.2) is 37.6 Å². The topological polar surface area (TPSA) is 499 Å². The fourth-order valence-corrected chi connectivity index (χ4v) is 6.30. The SMILES string of the molecule is [B]NCC(COP(=O)(O)O)COP(=O)(O)OCCOOOOO/C=C\OP(=O)(O)OCCOOOOO/C=C/OP(=O)(O)OCC(CNF)COP(=O)(O)OCCOOOOO/C=C/OP(C)(=O)O. The van der Waals surface area contributed by atoms with Crippen LogP contribution in [-0.2, 0) is 147 Å². The fourth-order valence-electron chi connectivity index (χ4n) is 2.82. The average molecular weight is 1150 g/mol. The summed E-state index contributed by atoms with van der Waals surface area (Å²) in [5.74, 6) is -2.05. The van der Waals surface area contributed by atoms with Crippen molar-refractivity contribution in [2.75, 3.05) is 85.8 Å². The summed E-state index contributed by atoms with van der Waals surface area (Å²) < 4.78 is 127. The maximum atomic E-state index is 12.7. The number of phosphoric ester groups is 5. The molecule has 0 aromatic carbocycles. The highest BCUT2D eigenvalue weighted by molar-refractivity contribution is 7.52. The molecule has 40 nitrogen and oxygen atoms in total. The average Bonchev–Trinajstić information content (AvgIpc) is 3.25. The summed E-state index contributed by atoms with van der Waals surface area (Å²) >= 11 is 0. The fraction of sp³-hybridized carbons (Fsp3) is 0.714. The third kappa shape index (κ3) is 47.1. The van der Waals surface area contributed by atoms with Crippen LogP contribution in [0.1, 0.15) is 0 Å². The third-order valence-electron chi connectivity index (χ3n) is 5.34. The summed E-state index contributed by atoms with van der Waals surface area (Å²) in [4.78, 5) is 90.4. The van der Waals surface area contributed by atoms with E-state index >= 15 is 0 Å². The Labute approximate surface area is 386 Å². The first kappa shape index (κ1) is 67.3. The standard InChI is InChI=1S/C21H44BFN2O38P6/c1-64(26,27)45-8-2-39-55-61-58-42-6-12-49-68(35,36)53-18-21(15-25-23)19-54-69(37,38)50-13-7-44-60-63-57-41-4-10-47-66(31,32)46-9-3-40-56-62-59-43-5-11-48-67(33,34)52-17-20(14-24-22)16-51-65(28,29)30/h2-3,7-9,13,20-21,24-25H,4-6,10-12,14-19H2,1H3,(H,26,27)(H,31,32)(H,33,34)(H,35,36)(H,37,38)(H2,28,29,30)/b8-2+,9-3-,13-7+. The van der Waals surface area contributed by atoms with Gasteiger partial charge >= 0.3 is 46.7 Å². The molecule has 0 aromatic rings. The van der Waals surface area contributed by atoms with Crippen molar-refractivity contribution >= 4 is 54.7 Å². The van der Waals surface area contributed by atoms with Gasteiger partial charge in [0.2, 0.25) is 0 Å². The first-order chi connectivity index (χ1) is 32.4. The molecule has 0 amide bonds. The molecule has 2 radical (unpaired) electrons. The molecule has 0 rings (SSSR count). The highest BCUT2D eigenvalue weighted by atomic mass is 31.2. The van der Waals surface area contributed by atoms with Gasteiger partial charge in [0.05, 0.1) is 46.2 Å². The van der Waals surface area contributed by atoms with E-state index in [0.29, 0.717) is 37.6 Å². The summed E-state index contributed by atoms with van der Waals surface area (Å²) in [6, 6.07) is 0. The van der Waals surface area contributed by atoms with Crippen LogP contribution in [0.3, 0.4) is 0 Å². The van der Waals surface area contributed by atoms with Gasteiger partial charge in [0.1, 0.15) is 38.6 Å². The molecular formula is C21H44BFN2O38P6. The number of rotatable bonds is 49. The molecule has 48 heteroatoms. The number of halogens is 1. The smallest absolute Gasteiger partial charge is 0.429 e. The van der Waals surface area contributed by atoms with E-state index in [1.165, 1.54) is 5.54 Å². The lowest BCUT2D eigenvalue weighted by Crippen LogP contribution is -2.27. The van der Waals surface area contributed by atoms with Crippen LogP contribution in [-0.4, -0.2) is 128 Å². The second kappa shape index (κ2) is 38.8. The first-order valence-corrected chi connectivity index (χ1v) is 26.7. The van der Waals surface area contributed by atoms with Gasteiger partial charge in [0, 0.05) is 55.3 Å². The van der Waals surface area contributed by atoms with E-state index in [0.717, 1.165) is 6.66 Å². The molecule has 0 heterocycles. The van der Waals surface area contributed by atoms with E-state index < -0.39 is 131 Å². The summed E-state index contributed by atoms with van der Waals surface area (Å²) in [6.07, 6.45) is 3.09. The Morgan fingerprint density at radius 2 is 0.797 bits per heavy atom. The molecule has 0 fully saturated rings. The second-order valence-electron chi connectivity index (χ2n) is 10.8. The highest BCUT2D eigenvalue weighted by Gasteiger charge is 2.28. The normalized spacial score (nSPS) is 17.6. The van der Waals surface area contributed by atoms with Gasteiger partial charge in [-0.1, -0.05) is 0 Å². The van der Waals surface area contributed by atoms with Gasteiger partial charge in [-0.05, 0) is 21.7 Å². The minimum absolute atomic E-state index is 0.115. The van der Waals surface area contributed by atoms with Gasteiger partial charge in [0.15, 0.2) is 26.8 Å². The first-order valence-electron chi connectivity index (χ1n) is 17.2. The lowest BCUT2D eigenvalue weighted by Gasteiger charge is -2.19. The van der Waals surface area contributed by atoms with Crippen LogP contribution in [0.2, 0.25) is 0 Å². The molecule has 7 atom stereocenters. The Hall–Kier alpha value is -1.73. The van der Waals surface area contributed by atoms with Gasteiger partial charge in [-0.25, -0.2) is 42.1 Å². The van der Waals surface area contributed by atoms with E-state index in [1.54, 1.807) is 0 Å². The van der Waals surface area contributed by atoms with E-state index in [4.69, 9.17) is 22.7 Å². The monoisotopic (exact) mass is 1150 g/mol. The molecule has 0 aliphatic rings. The van der Waals surface area contributed by atoms with Crippen molar-refractivity contribution in [3.8, 4) is 0 Å². The Kier molecular flexibility index (Phi) is 37.9. The highest BCUT2D eigenvalue weighted by Crippen LogP contribution is 2.47. The van der Waals surface area contributed by atoms with Crippen LogP contribution >= 0.6 is 46.7 Å². The summed E-state index contributed by atoms with van der Waals surface area (Å²) in [5, 5.41) is 37.6. The van der Waals surface area contributed by atoms with Crippen molar-refractivity contribution in [1.82, 2.24) is 10.8 Å².